The van der Waals surface area contributed by atoms with E-state index in [1.807, 2.05) is 4.90 Å². The van der Waals surface area contributed by atoms with E-state index < -0.39 is 17.7 Å². The monoisotopic (exact) mass is 380 g/mol. The lowest BCUT2D eigenvalue weighted by atomic mass is 9.85. The molecule has 0 aromatic heterocycles. The number of amides is 1. The molecule has 0 saturated heterocycles. The molecule has 1 aromatic rings. The van der Waals surface area contributed by atoms with Crippen molar-refractivity contribution in [2.45, 2.75) is 37.8 Å². The zero-order valence-electron chi connectivity index (χ0n) is 15.5. The Hall–Kier alpha value is -2.35. The van der Waals surface area contributed by atoms with Gasteiger partial charge in [0, 0.05) is 24.7 Å². The number of hydrogen-bond donors (Lipinski definition) is 2. The van der Waals surface area contributed by atoms with Gasteiger partial charge in [0.1, 0.15) is 5.82 Å². The molecule has 0 bridgehead atoms. The third-order valence-corrected chi connectivity index (χ3v) is 5.21. The molecule has 0 spiro atoms. The molecule has 0 heterocycles. The van der Waals surface area contributed by atoms with Crippen LogP contribution < -0.4 is 14.8 Å². The second-order valence-electron chi connectivity index (χ2n) is 7.25. The lowest BCUT2D eigenvalue weighted by molar-refractivity contribution is -0.139. The van der Waals surface area contributed by atoms with Crippen molar-refractivity contribution in [2.75, 3.05) is 27.3 Å². The molecular weight excluding hydrogens is 355 g/mol. The Balaban J connectivity index is 1.57. The molecule has 0 atom stereocenters. The Kier molecular flexibility index (Phi) is 5.84. The first-order valence-corrected chi connectivity index (χ1v) is 9.09. The van der Waals surface area contributed by atoms with Gasteiger partial charge in [0.05, 0.1) is 26.3 Å². The van der Waals surface area contributed by atoms with Crippen molar-refractivity contribution in [3.05, 3.63) is 23.5 Å². The van der Waals surface area contributed by atoms with Crippen LogP contribution in [-0.2, 0) is 4.79 Å². The van der Waals surface area contributed by atoms with Crippen molar-refractivity contribution in [3.63, 3.8) is 0 Å². The van der Waals surface area contributed by atoms with Crippen molar-refractivity contribution >= 4 is 11.9 Å². The highest BCUT2D eigenvalue weighted by Gasteiger charge is 2.38. The Morgan fingerprint density at radius 1 is 1.22 bits per heavy atom. The molecule has 8 heteroatoms. The fourth-order valence-electron chi connectivity index (χ4n) is 3.44. The van der Waals surface area contributed by atoms with Crippen LogP contribution >= 0.6 is 0 Å². The molecule has 7 nitrogen and oxygen atoms in total. The van der Waals surface area contributed by atoms with E-state index in [1.165, 1.54) is 20.3 Å². The van der Waals surface area contributed by atoms with Crippen LogP contribution in [0.5, 0.6) is 11.5 Å². The number of benzene rings is 1. The largest absolute Gasteiger partial charge is 0.493 e. The number of nitrogens with one attached hydrogen (secondary N) is 1. The maximum atomic E-state index is 14.2. The second kappa shape index (κ2) is 8.12. The van der Waals surface area contributed by atoms with Gasteiger partial charge in [0.2, 0.25) is 0 Å². The molecule has 2 fully saturated rings. The molecule has 0 aliphatic heterocycles. The van der Waals surface area contributed by atoms with Gasteiger partial charge >= 0.3 is 5.97 Å². The van der Waals surface area contributed by atoms with Crippen LogP contribution in [0.2, 0.25) is 0 Å². The normalized spacial score (nSPS) is 21.5. The lowest BCUT2D eigenvalue weighted by Gasteiger charge is -2.42. The van der Waals surface area contributed by atoms with E-state index in [9.17, 15) is 14.0 Å². The van der Waals surface area contributed by atoms with Crippen LogP contribution in [-0.4, -0.2) is 61.3 Å². The van der Waals surface area contributed by atoms with E-state index in [0.29, 0.717) is 18.8 Å². The molecule has 2 aliphatic carbocycles. The fourth-order valence-corrected chi connectivity index (χ4v) is 3.44. The number of halogens is 1. The van der Waals surface area contributed by atoms with Crippen LogP contribution in [0.15, 0.2) is 12.1 Å². The number of carbonyl (C=O) groups is 2. The van der Waals surface area contributed by atoms with Crippen LogP contribution in [0.25, 0.3) is 0 Å². The van der Waals surface area contributed by atoms with E-state index in [0.717, 1.165) is 25.5 Å². The van der Waals surface area contributed by atoms with Gasteiger partial charge in [-0.05, 0) is 37.7 Å². The summed E-state index contributed by atoms with van der Waals surface area (Å²) in [6.45, 7) is 0.814. The predicted octanol–water partition coefficient (Wildman–Crippen LogP) is 1.90. The number of hydrogen-bond acceptors (Lipinski definition) is 5. The molecule has 1 amide bonds. The number of carbonyl (C=O) groups excluding carboxylic acids is 1. The molecule has 27 heavy (non-hydrogen) atoms. The highest BCUT2D eigenvalue weighted by Crippen LogP contribution is 2.34. The lowest BCUT2D eigenvalue weighted by Crippen LogP contribution is -2.55. The van der Waals surface area contributed by atoms with Crippen LogP contribution in [0.3, 0.4) is 0 Å². The maximum absolute atomic E-state index is 14.2. The summed E-state index contributed by atoms with van der Waals surface area (Å²) in [4.78, 5) is 25.5. The molecule has 2 N–H and O–H groups in total. The first-order valence-electron chi connectivity index (χ1n) is 9.09. The van der Waals surface area contributed by atoms with Gasteiger partial charge in [-0.3, -0.25) is 14.5 Å². The highest BCUT2D eigenvalue weighted by molar-refractivity contribution is 5.95. The number of ether oxygens (including phenoxy) is 2. The van der Waals surface area contributed by atoms with E-state index >= 15 is 0 Å². The van der Waals surface area contributed by atoms with Crippen molar-refractivity contribution in [1.29, 1.82) is 0 Å². The van der Waals surface area contributed by atoms with Crippen LogP contribution in [0.4, 0.5) is 4.39 Å². The van der Waals surface area contributed by atoms with Gasteiger partial charge < -0.3 is 19.9 Å². The smallest absolute Gasteiger partial charge is 0.317 e. The van der Waals surface area contributed by atoms with E-state index in [4.69, 9.17) is 14.6 Å². The van der Waals surface area contributed by atoms with Gasteiger partial charge in [0.15, 0.2) is 11.5 Å². The summed E-state index contributed by atoms with van der Waals surface area (Å²) in [6.07, 6.45) is 3.64. The third kappa shape index (κ3) is 4.68. The van der Waals surface area contributed by atoms with Gasteiger partial charge in [-0.2, -0.15) is 0 Å². The Labute approximate surface area is 157 Å². The minimum Gasteiger partial charge on any atom is -0.493 e. The summed E-state index contributed by atoms with van der Waals surface area (Å²) >= 11 is 0. The fraction of sp³-hybridized carbons (Fsp3) is 0.579. The van der Waals surface area contributed by atoms with Crippen molar-refractivity contribution in [1.82, 2.24) is 10.2 Å². The summed E-state index contributed by atoms with van der Waals surface area (Å²) in [5.74, 6) is -0.923. The summed E-state index contributed by atoms with van der Waals surface area (Å²) in [7, 11) is 2.82. The summed E-state index contributed by atoms with van der Waals surface area (Å²) in [5.41, 5.74) is -0.100. The molecule has 3 rings (SSSR count). The molecule has 2 saturated carbocycles. The third-order valence-electron chi connectivity index (χ3n) is 5.21. The van der Waals surface area contributed by atoms with Crippen molar-refractivity contribution in [2.24, 2.45) is 5.92 Å². The van der Waals surface area contributed by atoms with Gasteiger partial charge in [0.25, 0.3) is 5.91 Å². The topological polar surface area (TPSA) is 88.1 Å². The molecule has 0 radical (unpaired) electrons. The Morgan fingerprint density at radius 3 is 2.41 bits per heavy atom. The summed E-state index contributed by atoms with van der Waals surface area (Å²) in [5, 5.41) is 11.9. The maximum Gasteiger partial charge on any atom is 0.317 e. The van der Waals surface area contributed by atoms with Crippen molar-refractivity contribution < 1.29 is 28.6 Å². The summed E-state index contributed by atoms with van der Waals surface area (Å²) in [6, 6.07) is 2.50. The number of aliphatic carboxylic acids is 1. The first-order chi connectivity index (χ1) is 12.9. The van der Waals surface area contributed by atoms with E-state index in [1.54, 1.807) is 0 Å². The number of carboxylic acids is 1. The minimum absolute atomic E-state index is 0.0200. The first kappa shape index (κ1) is 19.4. The molecule has 2 aliphatic rings. The molecule has 0 unspecified atom stereocenters. The standard InChI is InChI=1S/C19H25FN2O5/c1-26-16-7-14(15(20)8-17(16)27-2)19(25)21-12-5-13(6-12)22(10-18(23)24)9-11-3-4-11/h7-8,11-13H,3-6,9-10H2,1-2H3,(H,21,25)(H,23,24). The average molecular weight is 380 g/mol. The quantitative estimate of drug-likeness (QED) is 0.680. The number of carboxylic acid groups (broad SMARTS) is 1. The van der Waals surface area contributed by atoms with Gasteiger partial charge in [-0.25, -0.2) is 4.39 Å². The summed E-state index contributed by atoms with van der Waals surface area (Å²) < 4.78 is 24.4. The molecule has 148 valence electrons. The minimum atomic E-state index is -0.837. The number of nitrogens with zero attached hydrogens (tertiary/aromatic N) is 1. The van der Waals surface area contributed by atoms with Gasteiger partial charge in [-0.15, -0.1) is 0 Å². The van der Waals surface area contributed by atoms with E-state index in [2.05, 4.69) is 5.32 Å². The Morgan fingerprint density at radius 2 is 1.85 bits per heavy atom. The Bertz CT molecular complexity index is 716. The number of methoxy groups -OCH3 is 2. The second-order valence-corrected chi connectivity index (χ2v) is 7.25. The average Bonchev–Trinajstić information content (AvgIpc) is 3.40. The number of rotatable bonds is 9. The zero-order valence-corrected chi connectivity index (χ0v) is 15.5. The van der Waals surface area contributed by atoms with Crippen molar-refractivity contribution in [3.8, 4) is 11.5 Å². The molecular formula is C19H25FN2O5. The molecule has 1 aromatic carbocycles. The SMILES string of the molecule is COc1cc(F)c(C(=O)NC2CC(N(CC(=O)O)CC3CC3)C2)cc1OC. The zero-order chi connectivity index (χ0) is 19.6. The van der Waals surface area contributed by atoms with E-state index in [-0.39, 0.29) is 35.7 Å². The van der Waals surface area contributed by atoms with Crippen LogP contribution in [0, 0.1) is 11.7 Å². The van der Waals surface area contributed by atoms with Crippen LogP contribution in [0.1, 0.15) is 36.0 Å². The predicted molar refractivity (Wildman–Crippen MR) is 95.7 cm³/mol. The van der Waals surface area contributed by atoms with Gasteiger partial charge in [-0.1, -0.05) is 0 Å². The highest BCUT2D eigenvalue weighted by atomic mass is 19.1.